The standard InChI is InChI=1S/C9H14B3NO4/c1-5(6(14)15)13(9(10,11)12)7(16)17-8(2,3)4/h5H,1-4H3,(H,14,15)/t5-/m0/s1. The highest BCUT2D eigenvalue weighted by molar-refractivity contribution is 6.59. The van der Waals surface area contributed by atoms with Gasteiger partial charge in [-0.05, 0) is 27.7 Å². The Morgan fingerprint density at radius 1 is 1.24 bits per heavy atom. The molecule has 0 rings (SSSR count). The van der Waals surface area contributed by atoms with Gasteiger partial charge in [-0.2, -0.15) is 0 Å². The predicted octanol–water partition coefficient (Wildman–Crippen LogP) is -0.187. The molecule has 0 bridgehead atoms. The molecule has 0 aromatic rings. The largest absolute Gasteiger partial charge is 0.480 e. The number of aliphatic carboxylic acids is 1. The molecule has 0 heterocycles. The number of carboxylic acids is 1. The molecule has 0 fully saturated rings. The number of carboxylic acid groups (broad SMARTS) is 1. The zero-order valence-corrected chi connectivity index (χ0v) is 10.4. The molecule has 0 aliphatic heterocycles. The van der Waals surface area contributed by atoms with Crippen molar-refractivity contribution in [2.75, 3.05) is 0 Å². The number of hydrogen-bond donors (Lipinski definition) is 1. The number of nitrogens with zero attached hydrogens (tertiary/aromatic N) is 1. The minimum absolute atomic E-state index is 0.570. The Labute approximate surface area is 105 Å². The van der Waals surface area contributed by atoms with Gasteiger partial charge in [0.15, 0.2) is 0 Å². The monoisotopic (exact) mass is 233 g/mol. The average Bonchev–Trinajstić information content (AvgIpc) is 1.96. The highest BCUT2D eigenvalue weighted by Gasteiger charge is 2.36. The van der Waals surface area contributed by atoms with E-state index in [1.165, 1.54) is 6.92 Å². The molecule has 0 aliphatic carbocycles. The highest BCUT2D eigenvalue weighted by atomic mass is 16.6. The second-order valence-electron chi connectivity index (χ2n) is 4.75. The summed E-state index contributed by atoms with van der Waals surface area (Å²) in [4.78, 5) is 23.2. The smallest absolute Gasteiger partial charge is 0.409 e. The third-order valence-electron chi connectivity index (χ3n) is 1.75. The van der Waals surface area contributed by atoms with E-state index in [2.05, 4.69) is 0 Å². The van der Waals surface area contributed by atoms with Crippen LogP contribution in [0.2, 0.25) is 0 Å². The molecular formula is C9H14B3NO4. The van der Waals surface area contributed by atoms with E-state index >= 15 is 0 Å². The quantitative estimate of drug-likeness (QED) is 0.686. The zero-order chi connectivity index (χ0) is 14.0. The Kier molecular flexibility index (Phi) is 4.75. The zero-order valence-electron chi connectivity index (χ0n) is 10.4. The lowest BCUT2D eigenvalue weighted by molar-refractivity contribution is -0.142. The molecule has 8 heteroatoms. The fourth-order valence-electron chi connectivity index (χ4n) is 1.07. The highest BCUT2D eigenvalue weighted by Crippen LogP contribution is 2.16. The second-order valence-corrected chi connectivity index (χ2v) is 4.75. The lowest BCUT2D eigenvalue weighted by Gasteiger charge is -2.40. The topological polar surface area (TPSA) is 66.8 Å². The minimum Gasteiger partial charge on any atom is -0.480 e. The molecule has 0 unspecified atom stereocenters. The number of amides is 1. The molecule has 0 saturated heterocycles. The van der Waals surface area contributed by atoms with Crippen molar-refractivity contribution >= 4 is 35.6 Å². The fourth-order valence-corrected chi connectivity index (χ4v) is 1.07. The van der Waals surface area contributed by atoms with Crippen molar-refractivity contribution in [3.63, 3.8) is 0 Å². The van der Waals surface area contributed by atoms with Crippen LogP contribution in [0, 0.1) is 0 Å². The van der Waals surface area contributed by atoms with Gasteiger partial charge in [0.25, 0.3) is 0 Å². The summed E-state index contributed by atoms with van der Waals surface area (Å²) in [5.74, 6) is -1.29. The van der Waals surface area contributed by atoms with Gasteiger partial charge in [0.2, 0.25) is 0 Å². The van der Waals surface area contributed by atoms with Crippen LogP contribution in [-0.4, -0.2) is 62.5 Å². The SMILES string of the molecule is [B]C([B])([B])N(C(=O)OC(C)(C)C)[C@@H](C)C(=O)O. The molecule has 0 aromatic heterocycles. The molecular weight excluding hydrogens is 219 g/mol. The van der Waals surface area contributed by atoms with E-state index in [9.17, 15) is 9.59 Å². The first-order valence-electron chi connectivity index (χ1n) is 4.98. The first kappa shape index (κ1) is 15.9. The van der Waals surface area contributed by atoms with Gasteiger partial charge in [-0.25, -0.2) is 9.59 Å². The number of carbonyl (C=O) groups excluding carboxylic acids is 1. The number of ether oxygens (including phenoxy) is 1. The van der Waals surface area contributed by atoms with Crippen molar-refractivity contribution in [3.8, 4) is 0 Å². The van der Waals surface area contributed by atoms with Gasteiger partial charge in [-0.15, -0.1) is 0 Å². The maximum Gasteiger partial charge on any atom is 0.409 e. The molecule has 1 N–H and O–H groups in total. The number of carbonyl (C=O) groups is 2. The van der Waals surface area contributed by atoms with Crippen molar-refractivity contribution < 1.29 is 19.4 Å². The summed E-state index contributed by atoms with van der Waals surface area (Å²) >= 11 is 0. The van der Waals surface area contributed by atoms with Crippen LogP contribution in [0.4, 0.5) is 4.79 Å². The molecule has 0 saturated carbocycles. The molecule has 5 nitrogen and oxygen atoms in total. The van der Waals surface area contributed by atoms with Crippen LogP contribution < -0.4 is 0 Å². The van der Waals surface area contributed by atoms with Gasteiger partial charge >= 0.3 is 12.1 Å². The molecule has 0 spiro atoms. The van der Waals surface area contributed by atoms with Crippen LogP contribution in [0.3, 0.4) is 0 Å². The molecule has 1 amide bonds. The summed E-state index contributed by atoms with van der Waals surface area (Å²) in [6, 6.07) is -1.30. The Bertz CT molecular complexity index is 308. The lowest BCUT2D eigenvalue weighted by Crippen LogP contribution is -2.60. The Morgan fingerprint density at radius 3 is 1.88 bits per heavy atom. The van der Waals surface area contributed by atoms with E-state index in [-0.39, 0.29) is 0 Å². The van der Waals surface area contributed by atoms with E-state index < -0.39 is 28.9 Å². The summed E-state index contributed by atoms with van der Waals surface area (Å²) in [6.45, 7) is 6.10. The van der Waals surface area contributed by atoms with Crippen molar-refractivity contribution in [3.05, 3.63) is 0 Å². The number of rotatable bonds is 3. The van der Waals surface area contributed by atoms with Crippen molar-refractivity contribution in [1.82, 2.24) is 4.90 Å². The van der Waals surface area contributed by atoms with E-state index in [1.807, 2.05) is 0 Å². The van der Waals surface area contributed by atoms with E-state index in [4.69, 9.17) is 33.4 Å². The second kappa shape index (κ2) is 5.06. The maximum atomic E-state index is 11.8. The van der Waals surface area contributed by atoms with Gasteiger partial charge in [0.05, 0.1) is 23.5 Å². The lowest BCUT2D eigenvalue weighted by atomic mass is 9.48. The van der Waals surface area contributed by atoms with Gasteiger partial charge in [-0.3, -0.25) is 0 Å². The first-order chi connectivity index (χ1) is 7.36. The first-order valence-corrected chi connectivity index (χ1v) is 4.98. The molecule has 88 valence electrons. The van der Waals surface area contributed by atoms with Crippen molar-refractivity contribution in [1.29, 1.82) is 0 Å². The Morgan fingerprint density at radius 2 is 1.65 bits per heavy atom. The van der Waals surface area contributed by atoms with Crippen molar-refractivity contribution in [2.24, 2.45) is 0 Å². The van der Waals surface area contributed by atoms with Crippen LogP contribution >= 0.6 is 0 Å². The maximum absolute atomic E-state index is 11.8. The third kappa shape index (κ3) is 5.19. The number of hydrogen-bond acceptors (Lipinski definition) is 3. The van der Waals surface area contributed by atoms with Crippen LogP contribution in [-0.2, 0) is 9.53 Å². The Balaban J connectivity index is 5.09. The van der Waals surface area contributed by atoms with E-state index in [0.717, 1.165) is 0 Å². The molecule has 17 heavy (non-hydrogen) atoms. The predicted molar refractivity (Wildman–Crippen MR) is 65.2 cm³/mol. The van der Waals surface area contributed by atoms with E-state index in [0.29, 0.717) is 4.90 Å². The summed E-state index contributed by atoms with van der Waals surface area (Å²) in [5, 5.41) is 6.74. The minimum atomic E-state index is -2.11. The molecule has 6 radical (unpaired) electrons. The van der Waals surface area contributed by atoms with Crippen LogP contribution in [0.1, 0.15) is 27.7 Å². The van der Waals surface area contributed by atoms with E-state index in [1.54, 1.807) is 20.8 Å². The summed E-state index contributed by atoms with van der Waals surface area (Å²) in [6.07, 6.45) is -0.986. The van der Waals surface area contributed by atoms with Gasteiger partial charge in [0, 0.05) is 0 Å². The molecule has 0 aliphatic rings. The van der Waals surface area contributed by atoms with Crippen LogP contribution in [0.15, 0.2) is 0 Å². The molecule has 1 atom stereocenters. The normalized spacial score (nSPS) is 13.9. The third-order valence-corrected chi connectivity index (χ3v) is 1.75. The summed E-state index contributed by atoms with van der Waals surface area (Å²) in [7, 11) is 16.1. The van der Waals surface area contributed by atoms with Gasteiger partial charge in [0.1, 0.15) is 11.6 Å². The molecule has 0 aromatic carbocycles. The van der Waals surface area contributed by atoms with Crippen molar-refractivity contribution in [2.45, 2.75) is 44.6 Å². The fraction of sp³-hybridized carbons (Fsp3) is 0.778. The average molecular weight is 233 g/mol. The summed E-state index contributed by atoms with van der Waals surface area (Å²) < 4.78 is 4.98. The van der Waals surface area contributed by atoms with Crippen LogP contribution in [0.25, 0.3) is 0 Å². The van der Waals surface area contributed by atoms with Gasteiger partial charge in [-0.1, -0.05) is 5.24 Å². The van der Waals surface area contributed by atoms with Crippen LogP contribution in [0.5, 0.6) is 0 Å². The summed E-state index contributed by atoms with van der Waals surface area (Å²) in [5.41, 5.74) is -0.807. The van der Waals surface area contributed by atoms with Gasteiger partial charge < -0.3 is 14.7 Å². The Hall–Kier alpha value is -1.07.